The van der Waals surface area contributed by atoms with Crippen molar-refractivity contribution in [2.75, 3.05) is 31.4 Å². The largest absolute Gasteiger partial charge is 0.496 e. The lowest BCUT2D eigenvalue weighted by atomic mass is 9.97. The number of aromatic nitrogens is 3. The summed E-state index contributed by atoms with van der Waals surface area (Å²) in [5, 5.41) is 6.53. The molecule has 4 N–H and O–H groups in total. The summed E-state index contributed by atoms with van der Waals surface area (Å²) < 4.78 is 13.0. The van der Waals surface area contributed by atoms with Gasteiger partial charge in [0.25, 0.3) is 11.8 Å². The Labute approximate surface area is 225 Å². The number of carbonyl (C=O) groups is 2. The Morgan fingerprint density at radius 3 is 2.56 bits per heavy atom. The highest BCUT2D eigenvalue weighted by atomic mass is 16.5. The van der Waals surface area contributed by atoms with E-state index in [1.165, 1.54) is 13.4 Å². The van der Waals surface area contributed by atoms with Crippen molar-refractivity contribution < 1.29 is 19.1 Å². The van der Waals surface area contributed by atoms with Gasteiger partial charge in [0.2, 0.25) is 0 Å². The first-order valence-corrected chi connectivity index (χ1v) is 12.5. The van der Waals surface area contributed by atoms with Crippen LogP contribution in [0.4, 0.5) is 11.5 Å². The molecule has 10 nitrogen and oxygen atoms in total. The van der Waals surface area contributed by atoms with Crippen LogP contribution in [0, 0.1) is 0 Å². The van der Waals surface area contributed by atoms with Crippen LogP contribution in [0.1, 0.15) is 23.7 Å². The van der Waals surface area contributed by atoms with Crippen LogP contribution in [0.5, 0.6) is 5.75 Å². The lowest BCUT2D eigenvalue weighted by molar-refractivity contribution is -0.112. The van der Waals surface area contributed by atoms with E-state index in [4.69, 9.17) is 15.2 Å². The zero-order valence-corrected chi connectivity index (χ0v) is 22.1. The van der Waals surface area contributed by atoms with Crippen molar-refractivity contribution in [3.05, 3.63) is 66.5 Å². The second-order valence-corrected chi connectivity index (χ2v) is 9.50. The number of methoxy groups -OCH3 is 1. The molecule has 1 atom stereocenters. The third-order valence-corrected chi connectivity index (χ3v) is 6.80. The second kappa shape index (κ2) is 10.6. The SMILES string of the molecule is C=C(C)C(=O)Nc1ccc(-c2c(-c3ccc(C(=O)NC4CCOC4)c(OC)c3)c3c(N)ncnc3n2C)cc1. The van der Waals surface area contributed by atoms with Crippen molar-refractivity contribution in [1.82, 2.24) is 19.9 Å². The summed E-state index contributed by atoms with van der Waals surface area (Å²) in [6, 6.07) is 12.9. The van der Waals surface area contributed by atoms with E-state index >= 15 is 0 Å². The van der Waals surface area contributed by atoms with E-state index < -0.39 is 0 Å². The Balaban J connectivity index is 1.61. The first-order valence-electron chi connectivity index (χ1n) is 12.5. The van der Waals surface area contributed by atoms with E-state index in [1.807, 2.05) is 48.0 Å². The predicted molar refractivity (Wildman–Crippen MR) is 150 cm³/mol. The zero-order valence-electron chi connectivity index (χ0n) is 22.1. The molecule has 3 heterocycles. The summed E-state index contributed by atoms with van der Waals surface area (Å²) >= 11 is 0. The maximum atomic E-state index is 13.0. The normalized spacial score (nSPS) is 14.8. The van der Waals surface area contributed by atoms with Gasteiger partial charge in [-0.1, -0.05) is 24.8 Å². The summed E-state index contributed by atoms with van der Waals surface area (Å²) in [6.45, 7) is 6.47. The number of aryl methyl sites for hydroxylation is 1. The number of nitrogens with zero attached hydrogens (tertiary/aromatic N) is 3. The number of fused-ring (bicyclic) bond motifs is 1. The second-order valence-electron chi connectivity index (χ2n) is 9.50. The molecule has 2 amide bonds. The molecular weight excluding hydrogens is 496 g/mol. The molecule has 2 aromatic heterocycles. The smallest absolute Gasteiger partial charge is 0.255 e. The van der Waals surface area contributed by atoms with Crippen LogP contribution in [0.25, 0.3) is 33.4 Å². The van der Waals surface area contributed by atoms with Crippen molar-refractivity contribution in [3.63, 3.8) is 0 Å². The molecule has 5 rings (SSSR count). The Hall–Kier alpha value is -4.70. The molecule has 39 heavy (non-hydrogen) atoms. The number of ether oxygens (including phenoxy) is 2. The Morgan fingerprint density at radius 2 is 1.90 bits per heavy atom. The molecule has 200 valence electrons. The molecule has 1 unspecified atom stereocenters. The van der Waals surface area contributed by atoms with Crippen LogP contribution in [0.3, 0.4) is 0 Å². The number of nitrogens with two attached hydrogens (primary N) is 1. The van der Waals surface area contributed by atoms with E-state index in [1.54, 1.807) is 13.0 Å². The van der Waals surface area contributed by atoms with Gasteiger partial charge in [-0.3, -0.25) is 9.59 Å². The number of benzene rings is 2. The number of amides is 2. The van der Waals surface area contributed by atoms with E-state index in [-0.39, 0.29) is 17.9 Å². The lowest BCUT2D eigenvalue weighted by Crippen LogP contribution is -2.35. The molecule has 1 saturated heterocycles. The summed E-state index contributed by atoms with van der Waals surface area (Å²) in [5.74, 6) is 0.305. The Kier molecular flexibility index (Phi) is 7.03. The first-order chi connectivity index (χ1) is 18.8. The topological polar surface area (TPSA) is 133 Å². The van der Waals surface area contributed by atoms with Gasteiger partial charge in [0.15, 0.2) is 0 Å². The Bertz CT molecular complexity index is 1590. The van der Waals surface area contributed by atoms with E-state index in [9.17, 15) is 9.59 Å². The van der Waals surface area contributed by atoms with Crippen LogP contribution in [-0.2, 0) is 16.6 Å². The maximum Gasteiger partial charge on any atom is 0.255 e. The minimum atomic E-state index is -0.243. The van der Waals surface area contributed by atoms with Gasteiger partial charge in [-0.15, -0.1) is 0 Å². The molecule has 0 bridgehead atoms. The highest BCUT2D eigenvalue weighted by Crippen LogP contribution is 2.43. The van der Waals surface area contributed by atoms with Gasteiger partial charge < -0.3 is 30.4 Å². The van der Waals surface area contributed by atoms with E-state index in [0.29, 0.717) is 52.6 Å². The van der Waals surface area contributed by atoms with Gasteiger partial charge in [0.05, 0.1) is 36.4 Å². The molecule has 1 aliphatic rings. The molecule has 10 heteroatoms. The van der Waals surface area contributed by atoms with Crippen LogP contribution in [0.15, 0.2) is 60.9 Å². The predicted octanol–water partition coefficient (Wildman–Crippen LogP) is 3.93. The van der Waals surface area contributed by atoms with Crippen molar-refractivity contribution >= 4 is 34.4 Å². The average molecular weight is 527 g/mol. The third kappa shape index (κ3) is 4.94. The number of nitrogens with one attached hydrogen (secondary N) is 2. The van der Waals surface area contributed by atoms with Crippen LogP contribution in [-0.4, -0.2) is 52.7 Å². The molecule has 0 radical (unpaired) electrons. The fourth-order valence-electron chi connectivity index (χ4n) is 4.79. The first kappa shape index (κ1) is 25.9. The molecule has 1 fully saturated rings. The van der Waals surface area contributed by atoms with Crippen molar-refractivity contribution in [3.8, 4) is 28.1 Å². The van der Waals surface area contributed by atoms with Crippen LogP contribution >= 0.6 is 0 Å². The Morgan fingerprint density at radius 1 is 1.15 bits per heavy atom. The number of rotatable bonds is 7. The quantitative estimate of drug-likeness (QED) is 0.311. The van der Waals surface area contributed by atoms with E-state index in [2.05, 4.69) is 27.2 Å². The van der Waals surface area contributed by atoms with Gasteiger partial charge in [-0.05, 0) is 48.7 Å². The third-order valence-electron chi connectivity index (χ3n) is 6.80. The number of anilines is 2. The van der Waals surface area contributed by atoms with Crippen molar-refractivity contribution in [1.29, 1.82) is 0 Å². The molecule has 1 aliphatic heterocycles. The maximum absolute atomic E-state index is 13.0. The molecule has 0 saturated carbocycles. The van der Waals surface area contributed by atoms with Gasteiger partial charge in [-0.2, -0.15) is 0 Å². The number of nitrogen functional groups attached to an aromatic ring is 1. The fraction of sp³-hybridized carbons (Fsp3) is 0.241. The van der Waals surface area contributed by atoms with E-state index in [0.717, 1.165) is 28.8 Å². The highest BCUT2D eigenvalue weighted by molar-refractivity contribution is 6.09. The highest BCUT2D eigenvalue weighted by Gasteiger charge is 2.25. The summed E-state index contributed by atoms with van der Waals surface area (Å²) in [7, 11) is 3.45. The van der Waals surface area contributed by atoms with Gasteiger partial charge in [-0.25, -0.2) is 9.97 Å². The van der Waals surface area contributed by atoms with Crippen molar-refractivity contribution in [2.24, 2.45) is 7.05 Å². The molecule has 2 aromatic carbocycles. The summed E-state index contributed by atoms with van der Waals surface area (Å²) in [4.78, 5) is 33.8. The molecule has 0 spiro atoms. The fourth-order valence-corrected chi connectivity index (χ4v) is 4.79. The minimum Gasteiger partial charge on any atom is -0.496 e. The van der Waals surface area contributed by atoms with Crippen LogP contribution < -0.4 is 21.1 Å². The monoisotopic (exact) mass is 526 g/mol. The van der Waals surface area contributed by atoms with Gasteiger partial charge in [0.1, 0.15) is 23.5 Å². The average Bonchev–Trinajstić information content (AvgIpc) is 3.55. The standard InChI is InChI=1S/C29H30N6O4/c1-16(2)28(36)33-19-8-5-17(6-9-19)25-23(24-26(30)31-15-32-27(24)35(25)3)18-7-10-21(22(13-18)38-4)29(37)34-20-11-12-39-14-20/h5-10,13,15,20H,1,11-12,14H2,2-4H3,(H,33,36)(H,34,37)(H2,30,31,32). The minimum absolute atomic E-state index is 0.0216. The van der Waals surface area contributed by atoms with Crippen LogP contribution in [0.2, 0.25) is 0 Å². The zero-order chi connectivity index (χ0) is 27.7. The lowest BCUT2D eigenvalue weighted by Gasteiger charge is -2.15. The summed E-state index contributed by atoms with van der Waals surface area (Å²) in [6.07, 6.45) is 2.21. The van der Waals surface area contributed by atoms with Gasteiger partial charge in [0, 0.05) is 30.5 Å². The molecular formula is C29H30N6O4. The number of hydrogen-bond donors (Lipinski definition) is 3. The number of carbonyl (C=O) groups excluding carboxylic acids is 2. The number of hydrogen-bond acceptors (Lipinski definition) is 7. The summed E-state index contributed by atoms with van der Waals surface area (Å²) in [5.41, 5.74) is 11.8. The molecule has 4 aromatic rings. The molecule has 0 aliphatic carbocycles. The van der Waals surface area contributed by atoms with Gasteiger partial charge >= 0.3 is 0 Å². The van der Waals surface area contributed by atoms with Crippen molar-refractivity contribution in [2.45, 2.75) is 19.4 Å².